The Bertz CT molecular complexity index is 846. The molecule has 2 aromatic rings. The fraction of sp³-hybridized carbons (Fsp3) is 0.444. The van der Waals surface area contributed by atoms with Crippen LogP contribution in [0, 0.1) is 31.5 Å². The third kappa shape index (κ3) is 3.83. The molecule has 146 valence electrons. The molecule has 0 amide bonds. The van der Waals surface area contributed by atoms with E-state index in [2.05, 4.69) is 5.10 Å². The van der Waals surface area contributed by atoms with Gasteiger partial charge in [-0.2, -0.15) is 18.3 Å². The number of rotatable bonds is 4. The molecule has 0 saturated carbocycles. The van der Waals surface area contributed by atoms with E-state index in [1.165, 1.54) is 17.0 Å². The molecule has 1 saturated heterocycles. The van der Waals surface area contributed by atoms with E-state index in [-0.39, 0.29) is 25.5 Å². The number of halogens is 4. The number of carbonyl (C=O) groups is 1. The number of nitrogens with zero attached hydrogens (tertiary/aromatic N) is 3. The number of alkyl halides is 3. The average Bonchev–Trinajstić information content (AvgIpc) is 3.13. The predicted octanol–water partition coefficient (Wildman–Crippen LogP) is 3.32. The zero-order valence-electron chi connectivity index (χ0n) is 14.8. The number of aromatic nitrogens is 2. The Morgan fingerprint density at radius 2 is 1.85 bits per heavy atom. The van der Waals surface area contributed by atoms with E-state index in [0.29, 0.717) is 11.4 Å². The van der Waals surface area contributed by atoms with Crippen LogP contribution in [0.25, 0.3) is 5.69 Å². The minimum Gasteiger partial charge on any atom is -0.481 e. The van der Waals surface area contributed by atoms with Gasteiger partial charge in [-0.15, -0.1) is 0 Å². The van der Waals surface area contributed by atoms with Crippen LogP contribution < -0.4 is 0 Å². The summed E-state index contributed by atoms with van der Waals surface area (Å²) in [5.41, 5.74) is 2.74. The topological polar surface area (TPSA) is 58.4 Å². The molecule has 1 fully saturated rings. The highest BCUT2D eigenvalue weighted by Crippen LogP contribution is 2.38. The van der Waals surface area contributed by atoms with E-state index in [1.807, 2.05) is 0 Å². The first kappa shape index (κ1) is 19.3. The van der Waals surface area contributed by atoms with Crippen molar-refractivity contribution in [1.29, 1.82) is 0 Å². The number of hydrogen-bond donors (Lipinski definition) is 1. The Hall–Kier alpha value is -2.42. The lowest BCUT2D eigenvalue weighted by Gasteiger charge is -2.18. The molecule has 27 heavy (non-hydrogen) atoms. The maximum absolute atomic E-state index is 13.2. The molecule has 0 aliphatic carbocycles. The lowest BCUT2D eigenvalue weighted by atomic mass is 9.96. The Balaban J connectivity index is 1.84. The van der Waals surface area contributed by atoms with Crippen LogP contribution in [0.5, 0.6) is 0 Å². The maximum Gasteiger partial charge on any atom is 0.393 e. The van der Waals surface area contributed by atoms with E-state index in [0.717, 1.165) is 11.3 Å². The van der Waals surface area contributed by atoms with E-state index < -0.39 is 24.0 Å². The van der Waals surface area contributed by atoms with E-state index in [4.69, 9.17) is 5.11 Å². The number of hydrogen-bond acceptors (Lipinski definition) is 3. The summed E-state index contributed by atoms with van der Waals surface area (Å²) in [5.74, 6) is -5.17. The second-order valence-corrected chi connectivity index (χ2v) is 6.82. The second kappa shape index (κ2) is 6.95. The van der Waals surface area contributed by atoms with Gasteiger partial charge in [0, 0.05) is 30.9 Å². The maximum atomic E-state index is 13.2. The van der Waals surface area contributed by atoms with Crippen LogP contribution in [0.1, 0.15) is 17.0 Å². The van der Waals surface area contributed by atoms with Gasteiger partial charge in [0.25, 0.3) is 0 Å². The molecule has 1 aliphatic rings. The molecular formula is C18H19F4N3O2. The predicted molar refractivity (Wildman–Crippen MR) is 88.9 cm³/mol. The van der Waals surface area contributed by atoms with Gasteiger partial charge in [0.2, 0.25) is 0 Å². The Labute approximate surface area is 153 Å². The zero-order chi connectivity index (χ0) is 19.9. The molecule has 0 bridgehead atoms. The molecule has 9 heteroatoms. The molecule has 1 aliphatic heterocycles. The summed E-state index contributed by atoms with van der Waals surface area (Å²) in [6.45, 7) is 3.18. The number of aliphatic carboxylic acids is 1. The van der Waals surface area contributed by atoms with Crippen molar-refractivity contribution in [3.63, 3.8) is 0 Å². The normalized spacial score (nSPS) is 21.0. The van der Waals surface area contributed by atoms with Crippen molar-refractivity contribution in [2.45, 2.75) is 26.6 Å². The number of carboxylic acid groups (broad SMARTS) is 1. The van der Waals surface area contributed by atoms with Gasteiger partial charge in [0.1, 0.15) is 5.82 Å². The van der Waals surface area contributed by atoms with Crippen LogP contribution >= 0.6 is 0 Å². The Morgan fingerprint density at radius 3 is 2.37 bits per heavy atom. The first-order valence-corrected chi connectivity index (χ1v) is 8.41. The largest absolute Gasteiger partial charge is 0.481 e. The number of aryl methyl sites for hydroxylation is 1. The smallest absolute Gasteiger partial charge is 0.393 e. The van der Waals surface area contributed by atoms with E-state index in [9.17, 15) is 22.4 Å². The lowest BCUT2D eigenvalue weighted by Crippen LogP contribution is -2.33. The SMILES string of the molecule is Cc1nn(-c2ccc(F)cc2)c(C)c1CN1C[C@@H](C(F)(F)F)[C@H](C(=O)O)C1. The zero-order valence-corrected chi connectivity index (χ0v) is 14.8. The molecule has 0 unspecified atom stereocenters. The van der Waals surface area contributed by atoms with Gasteiger partial charge in [-0.1, -0.05) is 0 Å². The van der Waals surface area contributed by atoms with Gasteiger partial charge in [0.15, 0.2) is 0 Å². The van der Waals surface area contributed by atoms with Crippen molar-refractivity contribution in [2.24, 2.45) is 11.8 Å². The van der Waals surface area contributed by atoms with E-state index >= 15 is 0 Å². The van der Waals surface area contributed by atoms with Gasteiger partial charge >= 0.3 is 12.1 Å². The summed E-state index contributed by atoms with van der Waals surface area (Å²) in [6, 6.07) is 5.73. The summed E-state index contributed by atoms with van der Waals surface area (Å²) in [5, 5.41) is 13.5. The summed E-state index contributed by atoms with van der Waals surface area (Å²) in [4.78, 5) is 12.7. The highest BCUT2D eigenvalue weighted by atomic mass is 19.4. The van der Waals surface area contributed by atoms with Gasteiger partial charge in [-0.05, 0) is 38.1 Å². The monoisotopic (exact) mass is 385 g/mol. The molecule has 3 rings (SSSR count). The highest BCUT2D eigenvalue weighted by molar-refractivity contribution is 5.71. The molecule has 5 nitrogen and oxygen atoms in total. The van der Waals surface area contributed by atoms with Crippen LogP contribution in [0.2, 0.25) is 0 Å². The second-order valence-electron chi connectivity index (χ2n) is 6.82. The first-order chi connectivity index (χ1) is 12.6. The number of carboxylic acids is 1. The summed E-state index contributed by atoms with van der Waals surface area (Å²) in [6.07, 6.45) is -4.56. The lowest BCUT2D eigenvalue weighted by molar-refractivity contribution is -0.188. The van der Waals surface area contributed by atoms with Gasteiger partial charge < -0.3 is 5.11 Å². The Kier molecular flexibility index (Phi) is 4.98. The molecule has 2 heterocycles. The molecule has 1 aromatic carbocycles. The molecular weight excluding hydrogens is 366 g/mol. The quantitative estimate of drug-likeness (QED) is 0.821. The third-order valence-corrected chi connectivity index (χ3v) is 5.03. The molecule has 1 N–H and O–H groups in total. The molecule has 2 atom stereocenters. The van der Waals surface area contributed by atoms with Crippen molar-refractivity contribution in [3.05, 3.63) is 47.0 Å². The fourth-order valence-corrected chi connectivity index (χ4v) is 3.56. The average molecular weight is 385 g/mol. The number of benzene rings is 1. The van der Waals surface area contributed by atoms with Crippen molar-refractivity contribution in [2.75, 3.05) is 13.1 Å². The summed E-state index contributed by atoms with van der Waals surface area (Å²) in [7, 11) is 0. The van der Waals surface area contributed by atoms with Crippen LogP contribution in [0.4, 0.5) is 17.6 Å². The third-order valence-electron chi connectivity index (χ3n) is 5.03. The van der Waals surface area contributed by atoms with Crippen molar-refractivity contribution < 1.29 is 27.5 Å². The van der Waals surface area contributed by atoms with E-state index in [1.54, 1.807) is 30.7 Å². The van der Waals surface area contributed by atoms with Crippen molar-refractivity contribution >= 4 is 5.97 Å². The van der Waals surface area contributed by atoms with Crippen LogP contribution in [0.3, 0.4) is 0 Å². The highest BCUT2D eigenvalue weighted by Gasteiger charge is 2.52. The summed E-state index contributed by atoms with van der Waals surface area (Å²) < 4.78 is 54.2. The molecule has 0 radical (unpaired) electrons. The first-order valence-electron chi connectivity index (χ1n) is 8.41. The standard InChI is InChI=1S/C18H19F4N3O2/c1-10-14(11(2)25(23-10)13-5-3-12(19)4-6-13)7-24-8-15(17(26)27)16(9-24)18(20,21)22/h3-6,15-16H,7-9H2,1-2H3,(H,26,27)/t15-,16-/m1/s1. The van der Waals surface area contributed by atoms with Gasteiger partial charge in [-0.25, -0.2) is 9.07 Å². The molecule has 0 spiro atoms. The van der Waals surface area contributed by atoms with Crippen LogP contribution in [0.15, 0.2) is 24.3 Å². The van der Waals surface area contributed by atoms with Crippen LogP contribution in [-0.4, -0.2) is 45.0 Å². The van der Waals surface area contributed by atoms with Crippen LogP contribution in [-0.2, 0) is 11.3 Å². The summed E-state index contributed by atoms with van der Waals surface area (Å²) >= 11 is 0. The van der Waals surface area contributed by atoms with Crippen molar-refractivity contribution in [3.8, 4) is 5.69 Å². The minimum absolute atomic E-state index is 0.167. The molecule has 1 aromatic heterocycles. The van der Waals surface area contributed by atoms with Gasteiger partial charge in [-0.3, -0.25) is 9.69 Å². The minimum atomic E-state index is -4.56. The Morgan fingerprint density at radius 1 is 1.22 bits per heavy atom. The van der Waals surface area contributed by atoms with Crippen molar-refractivity contribution in [1.82, 2.24) is 14.7 Å². The number of likely N-dealkylation sites (tertiary alicyclic amines) is 1. The van der Waals surface area contributed by atoms with Gasteiger partial charge in [0.05, 0.1) is 23.2 Å². The fourth-order valence-electron chi connectivity index (χ4n) is 3.56.